The number of aromatic nitrogens is 1. The minimum absolute atomic E-state index is 0.618. The third-order valence-corrected chi connectivity index (χ3v) is 4.43. The number of hydrogen-bond donors (Lipinski definition) is 1. The van der Waals surface area contributed by atoms with Gasteiger partial charge in [-0.05, 0) is 25.8 Å². The largest absolute Gasteiger partial charge is 0.312 e. The molecule has 0 aliphatic carbocycles. The summed E-state index contributed by atoms with van der Waals surface area (Å²) in [5, 5.41) is 3.67. The lowest BCUT2D eigenvalue weighted by molar-refractivity contribution is 0.185. The Kier molecular flexibility index (Phi) is 4.54. The summed E-state index contributed by atoms with van der Waals surface area (Å²) >= 11 is 1.76. The molecule has 1 aromatic rings. The Morgan fingerprint density at radius 2 is 2.41 bits per heavy atom. The van der Waals surface area contributed by atoms with Crippen molar-refractivity contribution in [2.75, 3.05) is 13.1 Å². The zero-order valence-corrected chi connectivity index (χ0v) is 11.8. The first kappa shape index (κ1) is 13.0. The Hall–Kier alpha value is -0.450. The smallest absolute Gasteiger partial charge is 0.0794 e. The van der Waals surface area contributed by atoms with Gasteiger partial charge in [-0.15, -0.1) is 11.3 Å². The topological polar surface area (TPSA) is 28.2 Å². The second kappa shape index (κ2) is 5.94. The average molecular weight is 253 g/mol. The third-order valence-electron chi connectivity index (χ3n) is 3.67. The molecule has 1 aliphatic heterocycles. The molecule has 0 amide bonds. The van der Waals surface area contributed by atoms with Gasteiger partial charge in [0.25, 0.3) is 0 Å². The van der Waals surface area contributed by atoms with Crippen LogP contribution in [0, 0.1) is 5.92 Å². The van der Waals surface area contributed by atoms with Crippen LogP contribution in [0.3, 0.4) is 0 Å². The molecule has 0 bridgehead atoms. The molecule has 96 valence electrons. The van der Waals surface area contributed by atoms with Gasteiger partial charge in [-0.3, -0.25) is 9.88 Å². The molecule has 17 heavy (non-hydrogen) atoms. The van der Waals surface area contributed by atoms with E-state index in [2.05, 4.69) is 36.0 Å². The van der Waals surface area contributed by atoms with Crippen molar-refractivity contribution < 1.29 is 0 Å². The van der Waals surface area contributed by atoms with Crippen molar-refractivity contribution in [2.24, 2.45) is 5.92 Å². The van der Waals surface area contributed by atoms with Crippen LogP contribution in [0.1, 0.15) is 32.1 Å². The number of rotatable bonds is 3. The van der Waals surface area contributed by atoms with Crippen molar-refractivity contribution in [3.05, 3.63) is 16.6 Å². The zero-order chi connectivity index (χ0) is 12.3. The fourth-order valence-electron chi connectivity index (χ4n) is 2.34. The highest BCUT2D eigenvalue weighted by Gasteiger charge is 2.24. The van der Waals surface area contributed by atoms with Crippen LogP contribution in [-0.2, 0) is 6.54 Å². The highest BCUT2D eigenvalue weighted by Crippen LogP contribution is 2.18. The fraction of sp³-hybridized carbons (Fsp3) is 0.769. The monoisotopic (exact) mass is 253 g/mol. The van der Waals surface area contributed by atoms with Gasteiger partial charge in [0, 0.05) is 36.2 Å². The quantitative estimate of drug-likeness (QED) is 0.896. The lowest BCUT2D eigenvalue weighted by Crippen LogP contribution is -2.42. The Morgan fingerprint density at radius 1 is 1.59 bits per heavy atom. The lowest BCUT2D eigenvalue weighted by atomic mass is 10.0. The summed E-state index contributed by atoms with van der Waals surface area (Å²) < 4.78 is 0. The van der Waals surface area contributed by atoms with Gasteiger partial charge in [0.1, 0.15) is 0 Å². The lowest BCUT2D eigenvalue weighted by Gasteiger charge is -2.29. The first-order chi connectivity index (χ1) is 8.16. The van der Waals surface area contributed by atoms with E-state index in [0.29, 0.717) is 18.0 Å². The fourth-order valence-corrected chi connectivity index (χ4v) is 2.96. The summed E-state index contributed by atoms with van der Waals surface area (Å²) in [6, 6.07) is 1.28. The maximum absolute atomic E-state index is 4.17. The first-order valence-electron chi connectivity index (χ1n) is 6.51. The van der Waals surface area contributed by atoms with Crippen molar-refractivity contribution >= 4 is 11.3 Å². The molecule has 2 unspecified atom stereocenters. The van der Waals surface area contributed by atoms with Crippen molar-refractivity contribution in [1.82, 2.24) is 15.2 Å². The van der Waals surface area contributed by atoms with Crippen LogP contribution in [0.2, 0.25) is 0 Å². The SMILES string of the molecule is CC(C)C1CN(Cc2cncs2)C(C)CCN1. The maximum atomic E-state index is 4.17. The van der Waals surface area contributed by atoms with E-state index in [4.69, 9.17) is 0 Å². The van der Waals surface area contributed by atoms with Crippen LogP contribution < -0.4 is 5.32 Å². The molecule has 0 spiro atoms. The van der Waals surface area contributed by atoms with E-state index in [1.807, 2.05) is 11.7 Å². The van der Waals surface area contributed by atoms with Gasteiger partial charge in [-0.1, -0.05) is 13.8 Å². The van der Waals surface area contributed by atoms with E-state index in [1.165, 1.54) is 11.3 Å². The Bertz CT molecular complexity index is 323. The Morgan fingerprint density at radius 3 is 3.06 bits per heavy atom. The van der Waals surface area contributed by atoms with Crippen LogP contribution in [0.25, 0.3) is 0 Å². The molecular weight excluding hydrogens is 230 g/mol. The second-order valence-corrected chi connectivity index (χ2v) is 6.31. The molecule has 4 heteroatoms. The molecule has 0 aromatic carbocycles. The summed E-state index contributed by atoms with van der Waals surface area (Å²) in [5.41, 5.74) is 1.93. The van der Waals surface area contributed by atoms with E-state index in [0.717, 1.165) is 19.6 Å². The van der Waals surface area contributed by atoms with Gasteiger partial charge in [0.05, 0.1) is 5.51 Å². The number of thiazole rings is 1. The Balaban J connectivity index is 2.01. The van der Waals surface area contributed by atoms with E-state index in [1.54, 1.807) is 11.3 Å². The first-order valence-corrected chi connectivity index (χ1v) is 7.39. The molecular formula is C13H23N3S. The van der Waals surface area contributed by atoms with Crippen molar-refractivity contribution in [2.45, 2.75) is 45.8 Å². The summed E-state index contributed by atoms with van der Waals surface area (Å²) in [4.78, 5) is 8.14. The summed E-state index contributed by atoms with van der Waals surface area (Å²) in [6.07, 6.45) is 3.24. The van der Waals surface area contributed by atoms with Gasteiger partial charge in [0.2, 0.25) is 0 Å². The summed E-state index contributed by atoms with van der Waals surface area (Å²) in [5.74, 6) is 0.698. The molecule has 1 fully saturated rings. The summed E-state index contributed by atoms with van der Waals surface area (Å²) in [6.45, 7) is 10.3. The molecule has 1 saturated heterocycles. The predicted octanol–water partition coefficient (Wildman–Crippen LogP) is 2.35. The van der Waals surface area contributed by atoms with E-state index in [-0.39, 0.29) is 0 Å². The van der Waals surface area contributed by atoms with Gasteiger partial charge < -0.3 is 5.32 Å². The molecule has 1 N–H and O–H groups in total. The number of hydrogen-bond acceptors (Lipinski definition) is 4. The molecule has 2 rings (SSSR count). The van der Waals surface area contributed by atoms with Crippen LogP contribution in [0.15, 0.2) is 11.7 Å². The minimum Gasteiger partial charge on any atom is -0.312 e. The van der Waals surface area contributed by atoms with Crippen molar-refractivity contribution in [1.29, 1.82) is 0 Å². The van der Waals surface area contributed by atoms with Crippen molar-refractivity contribution in [3.63, 3.8) is 0 Å². The second-order valence-electron chi connectivity index (χ2n) is 5.34. The van der Waals surface area contributed by atoms with E-state index >= 15 is 0 Å². The number of nitrogens with zero attached hydrogens (tertiary/aromatic N) is 2. The minimum atomic E-state index is 0.618. The molecule has 2 atom stereocenters. The maximum Gasteiger partial charge on any atom is 0.0794 e. The molecule has 2 heterocycles. The predicted molar refractivity (Wildman–Crippen MR) is 73.2 cm³/mol. The highest BCUT2D eigenvalue weighted by molar-refractivity contribution is 7.09. The molecule has 1 aliphatic rings. The highest BCUT2D eigenvalue weighted by atomic mass is 32.1. The van der Waals surface area contributed by atoms with Gasteiger partial charge >= 0.3 is 0 Å². The zero-order valence-electron chi connectivity index (χ0n) is 11.0. The van der Waals surface area contributed by atoms with Gasteiger partial charge in [0.15, 0.2) is 0 Å². The molecule has 0 radical (unpaired) electrons. The van der Waals surface area contributed by atoms with Crippen LogP contribution in [0.4, 0.5) is 0 Å². The van der Waals surface area contributed by atoms with Crippen molar-refractivity contribution in [3.8, 4) is 0 Å². The molecule has 1 aromatic heterocycles. The molecule has 3 nitrogen and oxygen atoms in total. The third kappa shape index (κ3) is 3.50. The van der Waals surface area contributed by atoms with Crippen LogP contribution in [-0.4, -0.2) is 35.1 Å². The average Bonchev–Trinajstić information content (AvgIpc) is 2.71. The molecule has 0 saturated carbocycles. The van der Waals surface area contributed by atoms with Gasteiger partial charge in [-0.25, -0.2) is 0 Å². The Labute approximate surface area is 108 Å². The van der Waals surface area contributed by atoms with Crippen LogP contribution >= 0.6 is 11.3 Å². The van der Waals surface area contributed by atoms with E-state index in [9.17, 15) is 0 Å². The normalized spacial score (nSPS) is 27.3. The number of nitrogens with one attached hydrogen (secondary N) is 1. The van der Waals surface area contributed by atoms with Crippen LogP contribution in [0.5, 0.6) is 0 Å². The standard InChI is InChI=1S/C13H23N3S/c1-10(2)13-8-16(11(3)4-5-15-13)7-12-6-14-9-17-12/h6,9-11,13,15H,4-5,7-8H2,1-3H3. The summed E-state index contributed by atoms with van der Waals surface area (Å²) in [7, 11) is 0. The van der Waals surface area contributed by atoms with E-state index < -0.39 is 0 Å². The van der Waals surface area contributed by atoms with Gasteiger partial charge in [-0.2, -0.15) is 0 Å².